The minimum Gasteiger partial charge on any atom is -0.444 e. The van der Waals surface area contributed by atoms with E-state index in [9.17, 15) is 22.8 Å². The quantitative estimate of drug-likeness (QED) is 0.354. The molecule has 1 aliphatic rings. The van der Waals surface area contributed by atoms with E-state index in [2.05, 4.69) is 25.9 Å². The van der Waals surface area contributed by atoms with Gasteiger partial charge in [0.05, 0.1) is 16.9 Å². The average molecular weight is 479 g/mol. The van der Waals surface area contributed by atoms with Crippen molar-refractivity contribution in [3.8, 4) is 11.5 Å². The van der Waals surface area contributed by atoms with Gasteiger partial charge in [-0.15, -0.1) is 0 Å². The number of anilines is 1. The van der Waals surface area contributed by atoms with Crippen molar-refractivity contribution < 1.29 is 27.2 Å². The molecule has 0 saturated carbocycles. The molecule has 2 amide bonds. The highest BCUT2D eigenvalue weighted by Gasteiger charge is 2.41. The summed E-state index contributed by atoms with van der Waals surface area (Å²) in [6.07, 6.45) is 1.17. The summed E-state index contributed by atoms with van der Waals surface area (Å²) in [6, 6.07) is 1.36. The summed E-state index contributed by atoms with van der Waals surface area (Å²) < 4.78 is 42.6. The summed E-state index contributed by atoms with van der Waals surface area (Å²) in [5, 5.41) is 15.9. The second-order valence-electron chi connectivity index (χ2n) is 8.21. The summed E-state index contributed by atoms with van der Waals surface area (Å²) in [7, 11) is 1.58. The van der Waals surface area contributed by atoms with E-state index >= 15 is 0 Å². The number of likely N-dealkylation sites (tertiary alicyclic amines) is 1. The highest BCUT2D eigenvalue weighted by atomic mass is 19.4. The molecule has 1 aliphatic heterocycles. The van der Waals surface area contributed by atoms with Gasteiger partial charge in [-0.25, -0.2) is 4.98 Å². The third-order valence-corrected chi connectivity index (χ3v) is 5.06. The van der Waals surface area contributed by atoms with Crippen LogP contribution in [0.15, 0.2) is 41.0 Å². The fraction of sp³-hybridized carbons (Fsp3) is 0.381. The van der Waals surface area contributed by atoms with Crippen LogP contribution in [0.4, 0.5) is 18.9 Å². The minimum absolute atomic E-state index is 0.0287. The Hall–Kier alpha value is -3.90. The van der Waals surface area contributed by atoms with Gasteiger partial charge in [0.2, 0.25) is 11.8 Å². The van der Waals surface area contributed by atoms with E-state index in [0.717, 1.165) is 6.26 Å². The van der Waals surface area contributed by atoms with E-state index < -0.39 is 24.0 Å². The number of alkyl halides is 3. The van der Waals surface area contributed by atoms with Gasteiger partial charge in [-0.3, -0.25) is 24.9 Å². The standard InChI is InChI=1S/C21H24F3N7O3/c1-20(2)4-5-31(19(20)33)16(25)14(9-26-3)29-17(32)15-10-34-18(30-15)12-6-13(8-27-7-12)28-11-21(22,23)24/h6-10,25-26,28H,4-5,11H2,1-3H3,(H,29,32)/b14-9+,25-16?. The van der Waals surface area contributed by atoms with E-state index in [-0.39, 0.29) is 40.3 Å². The zero-order valence-electron chi connectivity index (χ0n) is 18.7. The van der Waals surface area contributed by atoms with E-state index in [1.165, 1.54) is 29.6 Å². The predicted molar refractivity (Wildman–Crippen MR) is 117 cm³/mol. The molecule has 0 radical (unpaired) electrons. The first kappa shape index (κ1) is 24.7. The highest BCUT2D eigenvalue weighted by Crippen LogP contribution is 2.31. The minimum atomic E-state index is -4.40. The van der Waals surface area contributed by atoms with E-state index in [1.54, 1.807) is 20.9 Å². The van der Waals surface area contributed by atoms with Crippen LogP contribution in [0.25, 0.3) is 11.5 Å². The number of nitrogens with zero attached hydrogens (tertiary/aromatic N) is 3. The summed E-state index contributed by atoms with van der Waals surface area (Å²) in [6.45, 7) is 2.70. The Kier molecular flexibility index (Phi) is 6.93. The van der Waals surface area contributed by atoms with Crippen molar-refractivity contribution in [1.29, 1.82) is 5.41 Å². The smallest absolute Gasteiger partial charge is 0.405 e. The van der Waals surface area contributed by atoms with Gasteiger partial charge in [0, 0.05) is 37.6 Å². The van der Waals surface area contributed by atoms with Crippen molar-refractivity contribution in [1.82, 2.24) is 25.5 Å². The first-order chi connectivity index (χ1) is 15.9. The van der Waals surface area contributed by atoms with Crippen LogP contribution in [0.5, 0.6) is 0 Å². The second-order valence-corrected chi connectivity index (χ2v) is 8.21. The third kappa shape index (κ3) is 5.71. The lowest BCUT2D eigenvalue weighted by Crippen LogP contribution is -2.41. The third-order valence-electron chi connectivity index (χ3n) is 5.06. The summed E-state index contributed by atoms with van der Waals surface area (Å²) in [4.78, 5) is 34.5. The number of carbonyl (C=O) groups excluding carboxylic acids is 2. The monoisotopic (exact) mass is 479 g/mol. The first-order valence-electron chi connectivity index (χ1n) is 10.2. The van der Waals surface area contributed by atoms with Crippen molar-refractivity contribution in [3.63, 3.8) is 0 Å². The van der Waals surface area contributed by atoms with Gasteiger partial charge in [0.25, 0.3) is 5.91 Å². The Labute approximate surface area is 193 Å². The number of carbonyl (C=O) groups is 2. The summed E-state index contributed by atoms with van der Waals surface area (Å²) in [5.74, 6) is -1.12. The largest absolute Gasteiger partial charge is 0.444 e. The molecule has 3 heterocycles. The maximum absolute atomic E-state index is 12.7. The number of hydrogen-bond acceptors (Lipinski definition) is 8. The van der Waals surface area contributed by atoms with E-state index in [0.29, 0.717) is 13.0 Å². The second kappa shape index (κ2) is 9.53. The molecule has 0 bridgehead atoms. The fourth-order valence-electron chi connectivity index (χ4n) is 3.18. The number of halogens is 3. The van der Waals surface area contributed by atoms with Gasteiger partial charge in [0.1, 0.15) is 12.8 Å². The van der Waals surface area contributed by atoms with Crippen LogP contribution in [0, 0.1) is 10.8 Å². The topological polar surface area (TPSA) is 136 Å². The van der Waals surface area contributed by atoms with Crippen LogP contribution in [0.1, 0.15) is 30.8 Å². The Morgan fingerprint density at radius 2 is 2.09 bits per heavy atom. The van der Waals surface area contributed by atoms with Gasteiger partial charge < -0.3 is 20.4 Å². The summed E-state index contributed by atoms with van der Waals surface area (Å²) >= 11 is 0. The lowest BCUT2D eigenvalue weighted by Gasteiger charge is -2.22. The van der Waals surface area contributed by atoms with Crippen molar-refractivity contribution in [2.45, 2.75) is 26.4 Å². The molecule has 4 N–H and O–H groups in total. The van der Waals surface area contributed by atoms with Crippen LogP contribution in [0.2, 0.25) is 0 Å². The van der Waals surface area contributed by atoms with Crippen molar-refractivity contribution >= 4 is 23.3 Å². The van der Waals surface area contributed by atoms with Crippen molar-refractivity contribution in [3.05, 3.63) is 42.3 Å². The Balaban J connectivity index is 1.72. The molecular formula is C21H24F3N7O3. The average Bonchev–Trinajstić information content (AvgIpc) is 3.37. The molecule has 10 nitrogen and oxygen atoms in total. The Morgan fingerprint density at radius 1 is 1.35 bits per heavy atom. The highest BCUT2D eigenvalue weighted by molar-refractivity contribution is 6.10. The number of hydrogen-bond donors (Lipinski definition) is 4. The van der Waals surface area contributed by atoms with Crippen LogP contribution in [0.3, 0.4) is 0 Å². The lowest BCUT2D eigenvalue weighted by atomic mass is 9.92. The fourth-order valence-corrected chi connectivity index (χ4v) is 3.18. The number of pyridine rings is 1. The molecular weight excluding hydrogens is 455 g/mol. The Bertz CT molecular complexity index is 1120. The molecule has 0 aliphatic carbocycles. The number of oxazole rings is 1. The molecule has 182 valence electrons. The number of amidine groups is 1. The molecule has 2 aromatic heterocycles. The van der Waals surface area contributed by atoms with E-state index in [4.69, 9.17) is 9.83 Å². The van der Waals surface area contributed by atoms with E-state index in [1.807, 2.05) is 0 Å². The zero-order chi connectivity index (χ0) is 25.1. The molecule has 34 heavy (non-hydrogen) atoms. The molecule has 0 spiro atoms. The van der Waals surface area contributed by atoms with Crippen molar-refractivity contribution in [2.75, 3.05) is 25.5 Å². The van der Waals surface area contributed by atoms with Gasteiger partial charge in [0.15, 0.2) is 11.5 Å². The number of aromatic nitrogens is 2. The summed E-state index contributed by atoms with van der Waals surface area (Å²) in [5.41, 5.74) is -0.311. The van der Waals surface area contributed by atoms with Crippen LogP contribution < -0.4 is 16.0 Å². The first-order valence-corrected chi connectivity index (χ1v) is 10.2. The zero-order valence-corrected chi connectivity index (χ0v) is 18.7. The van der Waals surface area contributed by atoms with Gasteiger partial charge in [-0.05, 0) is 12.5 Å². The van der Waals surface area contributed by atoms with Crippen LogP contribution in [-0.4, -0.2) is 58.8 Å². The van der Waals surface area contributed by atoms with Crippen molar-refractivity contribution in [2.24, 2.45) is 5.41 Å². The van der Waals surface area contributed by atoms with Crippen LogP contribution >= 0.6 is 0 Å². The molecule has 1 saturated heterocycles. The SMILES string of the molecule is CN/C=C(/NC(=O)c1coc(-c2cncc(NCC(F)(F)F)c2)n1)C(=N)N1CCC(C)(C)C1=O. The maximum atomic E-state index is 12.7. The molecule has 13 heteroatoms. The van der Waals surface area contributed by atoms with Crippen LogP contribution in [-0.2, 0) is 4.79 Å². The molecule has 3 rings (SSSR count). The number of nitrogens with one attached hydrogen (secondary N) is 4. The van der Waals surface area contributed by atoms with Gasteiger partial charge >= 0.3 is 6.18 Å². The van der Waals surface area contributed by atoms with Gasteiger partial charge in [-0.1, -0.05) is 13.8 Å². The molecule has 1 fully saturated rings. The molecule has 0 unspecified atom stereocenters. The Morgan fingerprint density at radius 3 is 2.71 bits per heavy atom. The molecule has 2 aromatic rings. The lowest BCUT2D eigenvalue weighted by molar-refractivity contribution is -0.131. The maximum Gasteiger partial charge on any atom is 0.405 e. The molecule has 0 atom stereocenters. The predicted octanol–water partition coefficient (Wildman–Crippen LogP) is 2.74. The number of amides is 2. The number of rotatable bonds is 7. The van der Waals surface area contributed by atoms with Gasteiger partial charge in [-0.2, -0.15) is 13.2 Å². The normalized spacial score (nSPS) is 15.9. The molecule has 0 aromatic carbocycles.